The molecule has 27 heavy (non-hydrogen) atoms. The van der Waals surface area contributed by atoms with Crippen LogP contribution < -0.4 is 5.32 Å². The zero-order chi connectivity index (χ0) is 18.9. The molecule has 1 amide bonds. The Labute approximate surface area is 159 Å². The number of amides is 1. The molecule has 1 aliphatic carbocycles. The quantitative estimate of drug-likeness (QED) is 0.846. The molecule has 142 valence electrons. The van der Waals surface area contributed by atoms with Gasteiger partial charge >= 0.3 is 0 Å². The first-order valence-electron chi connectivity index (χ1n) is 9.75. The predicted octanol–water partition coefficient (Wildman–Crippen LogP) is 3.02. The fraction of sp³-hybridized carbons (Fsp3) is 0.550. The molecule has 4 rings (SSSR count). The van der Waals surface area contributed by atoms with Gasteiger partial charge in [-0.25, -0.2) is 19.9 Å². The number of anilines is 1. The molecule has 0 aromatic carbocycles. The summed E-state index contributed by atoms with van der Waals surface area (Å²) in [5.74, 6) is 0.564. The molecule has 0 atom stereocenters. The lowest BCUT2D eigenvalue weighted by molar-refractivity contribution is 0.0769. The molecule has 0 bridgehead atoms. The maximum Gasteiger partial charge on any atom is 0.257 e. The van der Waals surface area contributed by atoms with Crippen molar-refractivity contribution in [2.75, 3.05) is 18.4 Å². The monoisotopic (exact) mass is 366 g/mol. The smallest absolute Gasteiger partial charge is 0.257 e. The van der Waals surface area contributed by atoms with E-state index < -0.39 is 0 Å². The molecule has 2 aromatic heterocycles. The number of hydrogen-bond donors (Lipinski definition) is 1. The number of carbonyl (C=O) groups is 1. The van der Waals surface area contributed by atoms with E-state index in [0.717, 1.165) is 50.8 Å². The molecular weight excluding hydrogens is 340 g/mol. The van der Waals surface area contributed by atoms with Crippen LogP contribution in [0, 0.1) is 5.41 Å². The molecule has 1 N–H and O–H groups in total. The molecular formula is C20H26N6O. The fourth-order valence-electron chi connectivity index (χ4n) is 3.99. The van der Waals surface area contributed by atoms with Gasteiger partial charge in [0, 0.05) is 43.4 Å². The second-order valence-corrected chi connectivity index (χ2v) is 7.81. The second kappa shape index (κ2) is 6.87. The Bertz CT molecular complexity index is 799. The summed E-state index contributed by atoms with van der Waals surface area (Å²) < 4.78 is 0. The van der Waals surface area contributed by atoms with E-state index in [9.17, 15) is 4.79 Å². The molecule has 0 spiro atoms. The third-order valence-corrected chi connectivity index (χ3v) is 6.34. The van der Waals surface area contributed by atoms with Crippen LogP contribution in [0.15, 0.2) is 31.1 Å². The van der Waals surface area contributed by atoms with Crippen LogP contribution in [0.3, 0.4) is 0 Å². The van der Waals surface area contributed by atoms with Gasteiger partial charge in [0.15, 0.2) is 0 Å². The summed E-state index contributed by atoms with van der Waals surface area (Å²) >= 11 is 0. The molecule has 7 nitrogen and oxygen atoms in total. The second-order valence-electron chi connectivity index (χ2n) is 7.81. The van der Waals surface area contributed by atoms with Crippen molar-refractivity contribution < 1.29 is 4.79 Å². The number of hydrogen-bond acceptors (Lipinski definition) is 6. The van der Waals surface area contributed by atoms with E-state index in [1.54, 1.807) is 12.4 Å². The number of likely N-dealkylation sites (tertiary alicyclic amines) is 1. The molecule has 0 unspecified atom stereocenters. The van der Waals surface area contributed by atoms with Crippen LogP contribution in [0.1, 0.15) is 61.9 Å². The average Bonchev–Trinajstić information content (AvgIpc) is 3.38. The number of aromatic nitrogens is 4. The van der Waals surface area contributed by atoms with E-state index in [2.05, 4.69) is 39.1 Å². The van der Waals surface area contributed by atoms with Crippen molar-refractivity contribution >= 4 is 11.9 Å². The predicted molar refractivity (Wildman–Crippen MR) is 102 cm³/mol. The minimum absolute atomic E-state index is 0.0305. The first-order valence-corrected chi connectivity index (χ1v) is 9.75. The maximum absolute atomic E-state index is 12.8. The zero-order valence-electron chi connectivity index (χ0n) is 16.0. The molecule has 1 aliphatic heterocycles. The molecule has 1 saturated heterocycles. The highest BCUT2D eigenvalue weighted by Crippen LogP contribution is 2.47. The van der Waals surface area contributed by atoms with E-state index in [1.165, 1.54) is 6.33 Å². The van der Waals surface area contributed by atoms with Crippen LogP contribution in [-0.2, 0) is 5.54 Å². The van der Waals surface area contributed by atoms with Gasteiger partial charge in [0.1, 0.15) is 6.33 Å². The summed E-state index contributed by atoms with van der Waals surface area (Å²) in [5, 5.41) is 3.39. The Morgan fingerprint density at radius 3 is 2.30 bits per heavy atom. The minimum atomic E-state index is -0.177. The lowest BCUT2D eigenvalue weighted by Crippen LogP contribution is -2.32. The van der Waals surface area contributed by atoms with E-state index in [-0.39, 0.29) is 16.9 Å². The van der Waals surface area contributed by atoms with Gasteiger partial charge in [-0.05, 0) is 37.5 Å². The topological polar surface area (TPSA) is 83.9 Å². The highest BCUT2D eigenvalue weighted by Gasteiger charge is 2.45. The number of nitrogens with one attached hydrogen (secondary N) is 1. The molecule has 2 fully saturated rings. The number of rotatable bonds is 6. The van der Waals surface area contributed by atoms with Crippen molar-refractivity contribution in [3.63, 3.8) is 0 Å². The standard InChI is InChI=1S/C20H26N6O/c1-3-19(4-2)7-8-26(13-19)17(27)15-9-23-18(24-10-15)25-20(5-6-20)16-11-21-14-22-12-16/h9-12,14H,3-8,13H2,1-2H3,(H,23,24,25). The van der Waals surface area contributed by atoms with Crippen molar-refractivity contribution in [3.05, 3.63) is 42.2 Å². The summed E-state index contributed by atoms with van der Waals surface area (Å²) in [6, 6.07) is 0. The highest BCUT2D eigenvalue weighted by atomic mass is 16.2. The van der Waals surface area contributed by atoms with Crippen LogP contribution in [0.25, 0.3) is 0 Å². The van der Waals surface area contributed by atoms with Gasteiger partial charge < -0.3 is 10.2 Å². The number of nitrogens with zero attached hydrogens (tertiary/aromatic N) is 5. The van der Waals surface area contributed by atoms with Gasteiger partial charge in [-0.15, -0.1) is 0 Å². The SMILES string of the molecule is CCC1(CC)CCN(C(=O)c2cnc(NC3(c4cncnc4)CC3)nc2)C1. The summed E-state index contributed by atoms with van der Waals surface area (Å²) in [5.41, 5.74) is 1.69. The van der Waals surface area contributed by atoms with Crippen molar-refractivity contribution in [1.29, 1.82) is 0 Å². The van der Waals surface area contributed by atoms with Crippen molar-refractivity contribution in [3.8, 4) is 0 Å². The zero-order valence-corrected chi connectivity index (χ0v) is 16.0. The van der Waals surface area contributed by atoms with Gasteiger partial charge in [-0.3, -0.25) is 4.79 Å². The largest absolute Gasteiger partial charge is 0.345 e. The summed E-state index contributed by atoms with van der Waals surface area (Å²) in [6.07, 6.45) is 13.7. The Morgan fingerprint density at radius 1 is 1.07 bits per heavy atom. The fourth-order valence-corrected chi connectivity index (χ4v) is 3.99. The molecule has 2 aliphatic rings. The van der Waals surface area contributed by atoms with Crippen LogP contribution in [0.4, 0.5) is 5.95 Å². The molecule has 3 heterocycles. The van der Waals surface area contributed by atoms with Crippen molar-refractivity contribution in [2.24, 2.45) is 5.41 Å². The Morgan fingerprint density at radius 2 is 1.74 bits per heavy atom. The van der Waals surface area contributed by atoms with Gasteiger partial charge in [-0.1, -0.05) is 13.8 Å². The highest BCUT2D eigenvalue weighted by molar-refractivity contribution is 5.94. The Balaban J connectivity index is 1.43. The van der Waals surface area contributed by atoms with Crippen LogP contribution in [-0.4, -0.2) is 43.8 Å². The van der Waals surface area contributed by atoms with E-state index in [1.807, 2.05) is 17.3 Å². The van der Waals surface area contributed by atoms with E-state index >= 15 is 0 Å². The van der Waals surface area contributed by atoms with E-state index in [4.69, 9.17) is 0 Å². The van der Waals surface area contributed by atoms with Gasteiger partial charge in [0.2, 0.25) is 5.95 Å². The normalized spacial score (nSPS) is 19.7. The van der Waals surface area contributed by atoms with Gasteiger partial charge in [0.25, 0.3) is 5.91 Å². The third kappa shape index (κ3) is 3.38. The summed E-state index contributed by atoms with van der Waals surface area (Å²) in [7, 11) is 0. The van der Waals surface area contributed by atoms with Gasteiger partial charge in [0.05, 0.1) is 11.1 Å². The molecule has 7 heteroatoms. The van der Waals surface area contributed by atoms with Crippen molar-refractivity contribution in [1.82, 2.24) is 24.8 Å². The minimum Gasteiger partial charge on any atom is -0.345 e. The first-order chi connectivity index (χ1) is 13.1. The van der Waals surface area contributed by atoms with E-state index in [0.29, 0.717) is 11.5 Å². The van der Waals surface area contributed by atoms with Crippen LogP contribution >= 0.6 is 0 Å². The lowest BCUT2D eigenvalue weighted by Gasteiger charge is -2.26. The Kier molecular flexibility index (Phi) is 4.53. The lowest BCUT2D eigenvalue weighted by atomic mass is 9.82. The van der Waals surface area contributed by atoms with Crippen LogP contribution in [0.5, 0.6) is 0 Å². The molecule has 2 aromatic rings. The molecule has 1 saturated carbocycles. The summed E-state index contributed by atoms with van der Waals surface area (Å²) in [6.45, 7) is 6.08. The Hall–Kier alpha value is -2.57. The summed E-state index contributed by atoms with van der Waals surface area (Å²) in [4.78, 5) is 31.7. The van der Waals surface area contributed by atoms with Crippen LogP contribution in [0.2, 0.25) is 0 Å². The first kappa shape index (κ1) is 17.8. The number of carbonyl (C=O) groups excluding carboxylic acids is 1. The van der Waals surface area contributed by atoms with Gasteiger partial charge in [-0.2, -0.15) is 0 Å². The third-order valence-electron chi connectivity index (χ3n) is 6.34. The van der Waals surface area contributed by atoms with Crippen molar-refractivity contribution in [2.45, 2.75) is 51.5 Å². The average molecular weight is 366 g/mol. The maximum atomic E-state index is 12.8. The molecule has 0 radical (unpaired) electrons.